The van der Waals surface area contributed by atoms with Gasteiger partial charge in [0.05, 0.1) is 15.6 Å². The van der Waals surface area contributed by atoms with Crippen molar-refractivity contribution in [3.63, 3.8) is 0 Å². The number of hydrogen-bond donors (Lipinski definition) is 1. The zero-order valence-electron chi connectivity index (χ0n) is 12.6. The SMILES string of the molecule is CCN(CC)c1ncnc(Nc2cc(Cl)ccc2Cl)c1[N+](=O)[O-]. The highest BCUT2D eigenvalue weighted by molar-refractivity contribution is 6.35. The number of benzene rings is 1. The van der Waals surface area contributed by atoms with Gasteiger partial charge in [0.2, 0.25) is 11.6 Å². The van der Waals surface area contributed by atoms with E-state index in [1.165, 1.54) is 6.33 Å². The molecule has 0 unspecified atom stereocenters. The molecule has 0 radical (unpaired) electrons. The lowest BCUT2D eigenvalue weighted by atomic mass is 10.3. The number of anilines is 3. The van der Waals surface area contributed by atoms with Crippen LogP contribution in [-0.4, -0.2) is 28.0 Å². The van der Waals surface area contributed by atoms with E-state index < -0.39 is 4.92 Å². The van der Waals surface area contributed by atoms with Crippen LogP contribution >= 0.6 is 23.2 Å². The number of nitrogens with zero attached hydrogens (tertiary/aromatic N) is 4. The van der Waals surface area contributed by atoms with Gasteiger partial charge in [-0.3, -0.25) is 10.1 Å². The summed E-state index contributed by atoms with van der Waals surface area (Å²) < 4.78 is 0. The average Bonchev–Trinajstić information content (AvgIpc) is 2.52. The van der Waals surface area contributed by atoms with E-state index in [9.17, 15) is 10.1 Å². The Balaban J connectivity index is 2.52. The Bertz CT molecular complexity index is 722. The predicted molar refractivity (Wildman–Crippen MR) is 92.0 cm³/mol. The van der Waals surface area contributed by atoms with Crippen LogP contribution in [0.2, 0.25) is 10.0 Å². The largest absolute Gasteiger partial charge is 0.353 e. The Kier molecular flexibility index (Phi) is 5.57. The summed E-state index contributed by atoms with van der Waals surface area (Å²) in [7, 11) is 0. The molecule has 1 aromatic carbocycles. The molecule has 0 amide bonds. The Morgan fingerprint density at radius 3 is 2.57 bits per heavy atom. The molecular formula is C14H15Cl2N5O2. The molecule has 9 heteroatoms. The van der Waals surface area contributed by atoms with Crippen LogP contribution in [0, 0.1) is 10.1 Å². The van der Waals surface area contributed by atoms with Gasteiger partial charge in [-0.1, -0.05) is 23.2 Å². The van der Waals surface area contributed by atoms with Gasteiger partial charge < -0.3 is 10.2 Å². The molecule has 0 saturated heterocycles. The molecule has 0 aliphatic heterocycles. The number of nitro groups is 1. The molecule has 0 fully saturated rings. The van der Waals surface area contributed by atoms with Crippen molar-refractivity contribution in [3.05, 3.63) is 44.7 Å². The zero-order chi connectivity index (χ0) is 17.0. The number of aromatic nitrogens is 2. The van der Waals surface area contributed by atoms with E-state index in [-0.39, 0.29) is 17.3 Å². The topological polar surface area (TPSA) is 84.2 Å². The molecular weight excluding hydrogens is 341 g/mol. The molecule has 2 rings (SSSR count). The molecule has 1 aromatic heterocycles. The van der Waals surface area contributed by atoms with Crippen molar-refractivity contribution in [2.75, 3.05) is 23.3 Å². The van der Waals surface area contributed by atoms with Gasteiger partial charge in [0.1, 0.15) is 6.33 Å². The molecule has 0 aliphatic rings. The van der Waals surface area contributed by atoms with Gasteiger partial charge in [0, 0.05) is 18.1 Å². The van der Waals surface area contributed by atoms with Crippen LogP contribution in [0.4, 0.5) is 23.0 Å². The Morgan fingerprint density at radius 1 is 1.26 bits per heavy atom. The smallest absolute Gasteiger partial charge is 0.351 e. The molecule has 0 atom stereocenters. The lowest BCUT2D eigenvalue weighted by molar-refractivity contribution is -0.383. The summed E-state index contributed by atoms with van der Waals surface area (Å²) in [6, 6.07) is 4.81. The summed E-state index contributed by atoms with van der Waals surface area (Å²) in [5.41, 5.74) is 0.235. The first kappa shape index (κ1) is 17.2. The third-order valence-electron chi connectivity index (χ3n) is 3.23. The van der Waals surface area contributed by atoms with Crippen LogP contribution in [0.25, 0.3) is 0 Å². The van der Waals surface area contributed by atoms with E-state index in [4.69, 9.17) is 23.2 Å². The Hall–Kier alpha value is -2.12. The minimum absolute atomic E-state index is 0.0658. The molecule has 1 heterocycles. The molecule has 0 saturated carbocycles. The molecule has 2 aromatic rings. The summed E-state index contributed by atoms with van der Waals surface area (Å²) in [6.07, 6.45) is 1.28. The fourth-order valence-corrected chi connectivity index (χ4v) is 2.44. The monoisotopic (exact) mass is 355 g/mol. The summed E-state index contributed by atoms with van der Waals surface area (Å²) in [6.45, 7) is 4.98. The molecule has 0 spiro atoms. The van der Waals surface area contributed by atoms with Crippen LogP contribution in [0.3, 0.4) is 0 Å². The highest BCUT2D eigenvalue weighted by atomic mass is 35.5. The average molecular weight is 356 g/mol. The van der Waals surface area contributed by atoms with Gasteiger partial charge in [-0.25, -0.2) is 9.97 Å². The first-order chi connectivity index (χ1) is 11.0. The van der Waals surface area contributed by atoms with Crippen molar-refractivity contribution >= 4 is 46.2 Å². The zero-order valence-corrected chi connectivity index (χ0v) is 14.1. The first-order valence-corrected chi connectivity index (χ1v) is 7.69. The Labute approximate surface area is 143 Å². The maximum Gasteiger partial charge on any atom is 0.353 e. The fourth-order valence-electron chi connectivity index (χ4n) is 2.10. The number of halogens is 2. The van der Waals surface area contributed by atoms with Crippen LogP contribution in [0.1, 0.15) is 13.8 Å². The normalized spacial score (nSPS) is 10.4. The van der Waals surface area contributed by atoms with Crippen molar-refractivity contribution in [1.29, 1.82) is 0 Å². The summed E-state index contributed by atoms with van der Waals surface area (Å²) in [4.78, 5) is 20.8. The third-order valence-corrected chi connectivity index (χ3v) is 3.79. The summed E-state index contributed by atoms with van der Waals surface area (Å²) in [5.74, 6) is 0.326. The van der Waals surface area contributed by atoms with Crippen LogP contribution in [0.5, 0.6) is 0 Å². The predicted octanol–water partition coefficient (Wildman–Crippen LogP) is 4.28. The van der Waals surface area contributed by atoms with E-state index in [0.29, 0.717) is 28.8 Å². The van der Waals surface area contributed by atoms with Crippen molar-refractivity contribution in [2.45, 2.75) is 13.8 Å². The van der Waals surface area contributed by atoms with Crippen molar-refractivity contribution < 1.29 is 4.92 Å². The van der Waals surface area contributed by atoms with E-state index in [1.54, 1.807) is 23.1 Å². The van der Waals surface area contributed by atoms with E-state index in [0.717, 1.165) is 0 Å². The maximum atomic E-state index is 11.5. The van der Waals surface area contributed by atoms with Crippen LogP contribution in [0.15, 0.2) is 24.5 Å². The van der Waals surface area contributed by atoms with E-state index >= 15 is 0 Å². The van der Waals surface area contributed by atoms with Gasteiger partial charge in [0.15, 0.2) is 0 Å². The highest BCUT2D eigenvalue weighted by Crippen LogP contribution is 2.35. The third kappa shape index (κ3) is 3.80. The molecule has 1 N–H and O–H groups in total. The second kappa shape index (κ2) is 7.43. The number of hydrogen-bond acceptors (Lipinski definition) is 6. The van der Waals surface area contributed by atoms with Gasteiger partial charge in [-0.05, 0) is 32.0 Å². The lowest BCUT2D eigenvalue weighted by Crippen LogP contribution is -2.24. The molecule has 23 heavy (non-hydrogen) atoms. The standard InChI is InChI=1S/C14H15Cl2N5O2/c1-3-20(4-2)14-12(21(22)23)13(17-8-18-14)19-11-7-9(15)5-6-10(11)16/h5-8H,3-4H2,1-2H3,(H,17,18,19). The minimum atomic E-state index is -0.506. The molecule has 7 nitrogen and oxygen atoms in total. The lowest BCUT2D eigenvalue weighted by Gasteiger charge is -2.20. The van der Waals surface area contributed by atoms with Gasteiger partial charge in [-0.15, -0.1) is 0 Å². The summed E-state index contributed by atoms with van der Waals surface area (Å²) in [5, 5.41) is 15.2. The van der Waals surface area contributed by atoms with E-state index in [2.05, 4.69) is 15.3 Å². The fraction of sp³-hybridized carbons (Fsp3) is 0.286. The van der Waals surface area contributed by atoms with Gasteiger partial charge in [0.25, 0.3) is 0 Å². The maximum absolute atomic E-state index is 11.5. The van der Waals surface area contributed by atoms with Crippen LogP contribution < -0.4 is 10.2 Å². The summed E-state index contributed by atoms with van der Waals surface area (Å²) >= 11 is 12.0. The number of nitrogens with one attached hydrogen (secondary N) is 1. The second-order valence-electron chi connectivity index (χ2n) is 4.57. The van der Waals surface area contributed by atoms with Gasteiger partial charge >= 0.3 is 5.69 Å². The first-order valence-electron chi connectivity index (χ1n) is 6.94. The van der Waals surface area contributed by atoms with E-state index in [1.807, 2.05) is 13.8 Å². The second-order valence-corrected chi connectivity index (χ2v) is 5.42. The quantitative estimate of drug-likeness (QED) is 0.614. The number of rotatable bonds is 6. The van der Waals surface area contributed by atoms with Crippen LogP contribution in [-0.2, 0) is 0 Å². The van der Waals surface area contributed by atoms with Crippen molar-refractivity contribution in [2.24, 2.45) is 0 Å². The molecule has 0 aliphatic carbocycles. The highest BCUT2D eigenvalue weighted by Gasteiger charge is 2.26. The van der Waals surface area contributed by atoms with Gasteiger partial charge in [-0.2, -0.15) is 0 Å². The van der Waals surface area contributed by atoms with Crippen molar-refractivity contribution in [3.8, 4) is 0 Å². The molecule has 122 valence electrons. The Morgan fingerprint density at radius 2 is 1.96 bits per heavy atom. The molecule has 0 bridgehead atoms. The van der Waals surface area contributed by atoms with Crippen molar-refractivity contribution in [1.82, 2.24) is 9.97 Å². The minimum Gasteiger partial charge on any atom is -0.351 e.